The standard InChI is InChI=1S/C21H26N2O3S/c1-16-10-13-22(14-11-16)21(24)20-7-4-12-23(20)27(25,26)19-9-8-17-5-2-3-6-18(17)15-19/h2-3,5-6,8-9,15-16,20H,4,7,10-14H2,1H3/t20-/m1/s1. The number of nitrogens with zero attached hydrogens (tertiary/aromatic N) is 2. The average molecular weight is 387 g/mol. The van der Waals surface area contributed by atoms with Crippen LogP contribution in [0.5, 0.6) is 0 Å². The van der Waals surface area contributed by atoms with Crippen LogP contribution >= 0.6 is 0 Å². The van der Waals surface area contributed by atoms with Crippen molar-refractivity contribution in [1.82, 2.24) is 9.21 Å². The highest BCUT2D eigenvalue weighted by atomic mass is 32.2. The van der Waals surface area contributed by atoms with Crippen LogP contribution in [-0.4, -0.2) is 49.2 Å². The monoisotopic (exact) mass is 386 g/mol. The van der Waals surface area contributed by atoms with Crippen molar-refractivity contribution in [2.24, 2.45) is 5.92 Å². The Morgan fingerprint density at radius 2 is 1.67 bits per heavy atom. The summed E-state index contributed by atoms with van der Waals surface area (Å²) in [6, 6.07) is 12.4. The summed E-state index contributed by atoms with van der Waals surface area (Å²) in [6.45, 7) is 4.09. The lowest BCUT2D eigenvalue weighted by molar-refractivity contribution is -0.135. The van der Waals surface area contributed by atoms with Gasteiger partial charge in [-0.05, 0) is 54.5 Å². The van der Waals surface area contributed by atoms with E-state index in [-0.39, 0.29) is 10.8 Å². The first-order chi connectivity index (χ1) is 13.0. The van der Waals surface area contributed by atoms with E-state index in [4.69, 9.17) is 0 Å². The van der Waals surface area contributed by atoms with Crippen LogP contribution in [0.25, 0.3) is 10.8 Å². The van der Waals surface area contributed by atoms with E-state index in [1.807, 2.05) is 35.2 Å². The predicted molar refractivity (Wildman–Crippen MR) is 106 cm³/mol. The molecular weight excluding hydrogens is 360 g/mol. The fourth-order valence-electron chi connectivity index (χ4n) is 4.18. The molecule has 2 aromatic rings. The number of fused-ring (bicyclic) bond motifs is 1. The summed E-state index contributed by atoms with van der Waals surface area (Å²) in [6.07, 6.45) is 3.33. The van der Waals surface area contributed by atoms with E-state index in [1.54, 1.807) is 12.1 Å². The molecule has 1 atom stereocenters. The molecule has 6 heteroatoms. The lowest BCUT2D eigenvalue weighted by Gasteiger charge is -2.34. The number of hydrogen-bond acceptors (Lipinski definition) is 3. The highest BCUT2D eigenvalue weighted by molar-refractivity contribution is 7.89. The molecule has 0 spiro atoms. The summed E-state index contributed by atoms with van der Waals surface area (Å²) < 4.78 is 28.0. The number of likely N-dealkylation sites (tertiary alicyclic amines) is 1. The zero-order chi connectivity index (χ0) is 19.0. The molecule has 2 aromatic carbocycles. The Hall–Kier alpha value is -1.92. The lowest BCUT2D eigenvalue weighted by atomic mass is 9.98. The number of piperidine rings is 1. The molecule has 144 valence electrons. The zero-order valence-electron chi connectivity index (χ0n) is 15.7. The number of carbonyl (C=O) groups excluding carboxylic acids is 1. The number of amides is 1. The van der Waals surface area contributed by atoms with Gasteiger partial charge in [0.05, 0.1) is 4.90 Å². The predicted octanol–water partition coefficient (Wildman–Crippen LogP) is 3.25. The molecular formula is C21H26N2O3S. The van der Waals surface area contributed by atoms with Crippen LogP contribution in [0.2, 0.25) is 0 Å². The first-order valence-electron chi connectivity index (χ1n) is 9.76. The van der Waals surface area contributed by atoms with Crippen molar-refractivity contribution in [3.63, 3.8) is 0 Å². The van der Waals surface area contributed by atoms with E-state index >= 15 is 0 Å². The molecule has 2 saturated heterocycles. The molecule has 0 unspecified atom stereocenters. The normalized spacial score (nSPS) is 22.4. The van der Waals surface area contributed by atoms with E-state index < -0.39 is 16.1 Å². The fraction of sp³-hybridized carbons (Fsp3) is 0.476. The fourth-order valence-corrected chi connectivity index (χ4v) is 5.86. The van der Waals surface area contributed by atoms with Gasteiger partial charge in [-0.2, -0.15) is 4.31 Å². The number of rotatable bonds is 3. The van der Waals surface area contributed by atoms with Crippen molar-refractivity contribution >= 4 is 26.7 Å². The molecule has 0 N–H and O–H groups in total. The molecule has 4 rings (SSSR count). The van der Waals surface area contributed by atoms with Crippen LogP contribution < -0.4 is 0 Å². The summed E-state index contributed by atoms with van der Waals surface area (Å²) in [4.78, 5) is 15.2. The summed E-state index contributed by atoms with van der Waals surface area (Å²) in [5, 5.41) is 1.90. The van der Waals surface area contributed by atoms with Crippen molar-refractivity contribution in [2.75, 3.05) is 19.6 Å². The Balaban J connectivity index is 1.60. The van der Waals surface area contributed by atoms with Crippen LogP contribution in [0.3, 0.4) is 0 Å². The number of carbonyl (C=O) groups is 1. The molecule has 0 aliphatic carbocycles. The van der Waals surface area contributed by atoms with Crippen LogP contribution in [0.1, 0.15) is 32.6 Å². The number of benzene rings is 2. The first kappa shape index (κ1) is 18.4. The van der Waals surface area contributed by atoms with Crippen molar-refractivity contribution in [3.8, 4) is 0 Å². The van der Waals surface area contributed by atoms with Gasteiger partial charge < -0.3 is 4.90 Å². The van der Waals surface area contributed by atoms with Crippen LogP contribution in [0.15, 0.2) is 47.4 Å². The molecule has 0 radical (unpaired) electrons. The second-order valence-corrected chi connectivity index (χ2v) is 9.68. The maximum atomic E-state index is 13.3. The first-order valence-corrected chi connectivity index (χ1v) is 11.2. The van der Waals surface area contributed by atoms with Crippen molar-refractivity contribution in [1.29, 1.82) is 0 Å². The van der Waals surface area contributed by atoms with Gasteiger partial charge in [0.25, 0.3) is 0 Å². The molecule has 2 fully saturated rings. The summed E-state index contributed by atoms with van der Waals surface area (Å²) >= 11 is 0. The summed E-state index contributed by atoms with van der Waals surface area (Å²) in [5.41, 5.74) is 0. The largest absolute Gasteiger partial charge is 0.341 e. The van der Waals surface area contributed by atoms with Crippen LogP contribution in [0, 0.1) is 5.92 Å². The molecule has 2 aliphatic rings. The Bertz CT molecular complexity index is 949. The highest BCUT2D eigenvalue weighted by Crippen LogP contribution is 2.30. The third-order valence-electron chi connectivity index (χ3n) is 5.91. The third-order valence-corrected chi connectivity index (χ3v) is 7.82. The van der Waals surface area contributed by atoms with Crippen molar-refractivity contribution < 1.29 is 13.2 Å². The average Bonchev–Trinajstić information content (AvgIpc) is 3.18. The van der Waals surface area contributed by atoms with Gasteiger partial charge in [0.15, 0.2) is 0 Å². The minimum absolute atomic E-state index is 0.0243. The Morgan fingerprint density at radius 1 is 0.963 bits per heavy atom. The summed E-state index contributed by atoms with van der Waals surface area (Å²) in [7, 11) is -3.69. The minimum atomic E-state index is -3.69. The molecule has 0 bridgehead atoms. The van der Waals surface area contributed by atoms with Crippen molar-refractivity contribution in [3.05, 3.63) is 42.5 Å². The van der Waals surface area contributed by atoms with E-state index in [0.29, 0.717) is 18.9 Å². The third kappa shape index (κ3) is 3.48. The Kier molecular flexibility index (Phi) is 4.95. The van der Waals surface area contributed by atoms with Crippen molar-refractivity contribution in [2.45, 2.75) is 43.5 Å². The lowest BCUT2D eigenvalue weighted by Crippen LogP contribution is -2.49. The van der Waals surface area contributed by atoms with E-state index in [9.17, 15) is 13.2 Å². The number of sulfonamides is 1. The maximum Gasteiger partial charge on any atom is 0.243 e. The van der Waals surface area contributed by atoms with Gasteiger partial charge in [0.2, 0.25) is 15.9 Å². The minimum Gasteiger partial charge on any atom is -0.341 e. The van der Waals surface area contributed by atoms with Gasteiger partial charge >= 0.3 is 0 Å². The number of hydrogen-bond donors (Lipinski definition) is 0. The van der Waals surface area contributed by atoms with E-state index in [1.165, 1.54) is 4.31 Å². The SMILES string of the molecule is CC1CCN(C(=O)[C@H]2CCCN2S(=O)(=O)c2ccc3ccccc3c2)CC1. The molecule has 2 aliphatic heterocycles. The van der Waals surface area contributed by atoms with Gasteiger partial charge in [0, 0.05) is 19.6 Å². The second kappa shape index (κ2) is 7.24. The second-order valence-electron chi connectivity index (χ2n) is 7.79. The Morgan fingerprint density at radius 3 is 2.41 bits per heavy atom. The molecule has 2 heterocycles. The van der Waals surface area contributed by atoms with E-state index in [0.717, 1.165) is 43.1 Å². The quantitative estimate of drug-likeness (QED) is 0.814. The molecule has 0 aromatic heterocycles. The van der Waals surface area contributed by atoms with Crippen LogP contribution in [0.4, 0.5) is 0 Å². The zero-order valence-corrected chi connectivity index (χ0v) is 16.5. The highest BCUT2D eigenvalue weighted by Gasteiger charge is 2.41. The summed E-state index contributed by atoms with van der Waals surface area (Å²) in [5.74, 6) is 0.610. The molecule has 1 amide bonds. The van der Waals surface area contributed by atoms with Crippen LogP contribution in [-0.2, 0) is 14.8 Å². The maximum absolute atomic E-state index is 13.3. The topological polar surface area (TPSA) is 57.7 Å². The van der Waals surface area contributed by atoms with Gasteiger partial charge in [-0.15, -0.1) is 0 Å². The molecule has 5 nitrogen and oxygen atoms in total. The van der Waals surface area contributed by atoms with Gasteiger partial charge in [0.1, 0.15) is 6.04 Å². The Labute approximate surface area is 161 Å². The molecule has 0 saturated carbocycles. The van der Waals surface area contributed by atoms with Gasteiger partial charge in [-0.1, -0.05) is 37.3 Å². The van der Waals surface area contributed by atoms with Gasteiger partial charge in [-0.25, -0.2) is 8.42 Å². The molecule has 27 heavy (non-hydrogen) atoms. The smallest absolute Gasteiger partial charge is 0.243 e. The van der Waals surface area contributed by atoms with Gasteiger partial charge in [-0.3, -0.25) is 4.79 Å². The van der Waals surface area contributed by atoms with E-state index in [2.05, 4.69) is 6.92 Å².